The van der Waals surface area contributed by atoms with Gasteiger partial charge in [-0.1, -0.05) is 13.3 Å². The van der Waals surface area contributed by atoms with Gasteiger partial charge in [-0.25, -0.2) is 13.9 Å². The summed E-state index contributed by atoms with van der Waals surface area (Å²) < 4.78 is 18.8. The third kappa shape index (κ3) is 3.85. The zero-order valence-electron chi connectivity index (χ0n) is 13.6. The van der Waals surface area contributed by atoms with E-state index in [9.17, 15) is 9.23 Å². The fourth-order valence-electron chi connectivity index (χ4n) is 2.54. The van der Waals surface area contributed by atoms with Gasteiger partial charge in [0.25, 0.3) is 0 Å². The lowest BCUT2D eigenvalue weighted by Gasteiger charge is -2.25. The maximum Gasteiger partial charge on any atom is 0.585 e. The van der Waals surface area contributed by atoms with Gasteiger partial charge in [-0.2, -0.15) is 0 Å². The van der Waals surface area contributed by atoms with Crippen molar-refractivity contribution in [2.24, 2.45) is 5.16 Å². The molecule has 1 unspecified atom stereocenters. The number of hydrogen-bond acceptors (Lipinski definition) is 5. The zero-order valence-corrected chi connectivity index (χ0v) is 14.4. The molecule has 0 bridgehead atoms. The van der Waals surface area contributed by atoms with Gasteiger partial charge in [-0.3, -0.25) is 0 Å². The predicted molar refractivity (Wildman–Crippen MR) is 96.5 cm³/mol. The average Bonchev–Trinajstić information content (AvgIpc) is 3.01. The first-order chi connectivity index (χ1) is 11.7. The Kier molecular flexibility index (Phi) is 5.65. The summed E-state index contributed by atoms with van der Waals surface area (Å²) in [5.74, 6) is 0.802. The van der Waals surface area contributed by atoms with Crippen molar-refractivity contribution in [1.29, 1.82) is 0 Å². The van der Waals surface area contributed by atoms with E-state index in [0.29, 0.717) is 11.5 Å². The minimum absolute atomic E-state index is 0.562. The molecule has 2 aromatic rings. The maximum atomic E-state index is 11.0. The smallest absolute Gasteiger partial charge is 0.427 e. The number of nitrogens with one attached hydrogen (secondary N) is 2. The number of pyridine rings is 1. The molecule has 1 fully saturated rings. The van der Waals surface area contributed by atoms with Crippen molar-refractivity contribution in [3.8, 4) is 0 Å². The molecule has 24 heavy (non-hydrogen) atoms. The standard InChI is InChI=1S/C8H6BN3O2.C7H15NOS/c13-9-7-4-11-8-5(1-2-10-8)6(7)3-12-14-9;1-2-6-10(9)8-7-4-3-5-7/h1-4,13H,(H,10,11);7-8H,2-6H2,1H3. The summed E-state index contributed by atoms with van der Waals surface area (Å²) in [6, 6.07) is 2.46. The molecule has 4 rings (SSSR count). The molecule has 1 aliphatic heterocycles. The van der Waals surface area contributed by atoms with Crippen LogP contribution in [0.5, 0.6) is 0 Å². The Morgan fingerprint density at radius 2 is 2.38 bits per heavy atom. The van der Waals surface area contributed by atoms with Crippen LogP contribution in [0, 0.1) is 0 Å². The van der Waals surface area contributed by atoms with Crippen molar-refractivity contribution in [1.82, 2.24) is 14.7 Å². The highest BCUT2D eigenvalue weighted by molar-refractivity contribution is 7.83. The summed E-state index contributed by atoms with van der Waals surface area (Å²) in [6.45, 7) is 2.06. The molecule has 0 amide bonds. The van der Waals surface area contributed by atoms with E-state index in [4.69, 9.17) is 4.76 Å². The van der Waals surface area contributed by atoms with Crippen LogP contribution in [0.3, 0.4) is 0 Å². The number of rotatable bonds is 4. The van der Waals surface area contributed by atoms with E-state index in [2.05, 4.69) is 26.8 Å². The second-order valence-electron chi connectivity index (χ2n) is 5.85. The summed E-state index contributed by atoms with van der Waals surface area (Å²) in [4.78, 5) is 7.14. The number of aromatic nitrogens is 2. The lowest BCUT2D eigenvalue weighted by molar-refractivity contribution is 0.286. The molecule has 1 saturated carbocycles. The van der Waals surface area contributed by atoms with Crippen LogP contribution in [0.1, 0.15) is 38.2 Å². The fourth-order valence-corrected chi connectivity index (χ4v) is 3.63. The Morgan fingerprint density at radius 1 is 1.54 bits per heavy atom. The molecule has 0 aromatic carbocycles. The van der Waals surface area contributed by atoms with E-state index < -0.39 is 18.1 Å². The number of nitrogens with zero attached hydrogens (tertiary/aromatic N) is 2. The number of hydrogen-bond donors (Lipinski definition) is 3. The third-order valence-corrected chi connectivity index (χ3v) is 5.44. The van der Waals surface area contributed by atoms with E-state index in [1.54, 1.807) is 18.6 Å². The fraction of sp³-hybridized carbons (Fsp3) is 0.467. The Hall–Kier alpha value is -1.71. The SMILES string of the molecule is CCCS(=O)NC1CCC1.OB1ON=Cc2c1cnc1[nH]ccc21. The summed E-state index contributed by atoms with van der Waals surface area (Å²) in [5, 5.41) is 14.0. The van der Waals surface area contributed by atoms with Gasteiger partial charge in [0.1, 0.15) is 5.65 Å². The van der Waals surface area contributed by atoms with Crippen LogP contribution in [0.2, 0.25) is 0 Å². The molecule has 7 nitrogen and oxygen atoms in total. The number of aromatic amines is 1. The molecule has 1 aliphatic carbocycles. The highest BCUT2D eigenvalue weighted by Crippen LogP contribution is 2.18. The molecular weight excluding hydrogens is 327 g/mol. The lowest BCUT2D eigenvalue weighted by Crippen LogP contribution is -2.38. The van der Waals surface area contributed by atoms with Gasteiger partial charge in [-0.15, -0.1) is 5.16 Å². The van der Waals surface area contributed by atoms with Gasteiger partial charge in [0.05, 0.1) is 17.2 Å². The van der Waals surface area contributed by atoms with Gasteiger partial charge >= 0.3 is 7.12 Å². The summed E-state index contributed by atoms with van der Waals surface area (Å²) in [7, 11) is -1.76. The van der Waals surface area contributed by atoms with Gasteiger partial charge in [0, 0.05) is 40.6 Å². The van der Waals surface area contributed by atoms with Gasteiger partial charge < -0.3 is 14.8 Å². The van der Waals surface area contributed by atoms with Crippen molar-refractivity contribution in [2.75, 3.05) is 5.75 Å². The molecule has 3 heterocycles. The first-order valence-corrected chi connectivity index (χ1v) is 9.48. The van der Waals surface area contributed by atoms with Gasteiger partial charge in [0.2, 0.25) is 0 Å². The third-order valence-electron chi connectivity index (χ3n) is 4.06. The average molecular weight is 348 g/mol. The molecule has 2 aliphatic rings. The molecule has 0 spiro atoms. The zero-order chi connectivity index (χ0) is 16.9. The van der Waals surface area contributed by atoms with Crippen molar-refractivity contribution in [3.05, 3.63) is 24.0 Å². The highest BCUT2D eigenvalue weighted by atomic mass is 32.2. The Morgan fingerprint density at radius 3 is 3.08 bits per heavy atom. The van der Waals surface area contributed by atoms with Crippen molar-refractivity contribution in [2.45, 2.75) is 38.6 Å². The minimum Gasteiger partial charge on any atom is -0.427 e. The van der Waals surface area contributed by atoms with Crippen LogP contribution in [0.25, 0.3) is 11.0 Å². The van der Waals surface area contributed by atoms with Crippen molar-refractivity contribution in [3.63, 3.8) is 0 Å². The predicted octanol–water partition coefficient (Wildman–Crippen LogP) is 0.817. The Bertz CT molecular complexity index is 747. The number of fused-ring (bicyclic) bond motifs is 3. The number of oxime groups is 1. The molecular formula is C15H21BN4O3S. The highest BCUT2D eigenvalue weighted by Gasteiger charge is 2.26. The topological polar surface area (TPSA) is 99.6 Å². The van der Waals surface area contributed by atoms with E-state index in [0.717, 1.165) is 28.8 Å². The molecule has 0 saturated heterocycles. The molecule has 2 aromatic heterocycles. The van der Waals surface area contributed by atoms with E-state index in [1.165, 1.54) is 19.3 Å². The monoisotopic (exact) mass is 348 g/mol. The second kappa shape index (κ2) is 7.91. The molecule has 9 heteroatoms. The minimum atomic E-state index is -1.01. The maximum absolute atomic E-state index is 11.0. The normalized spacial score (nSPS) is 17.5. The Balaban J connectivity index is 0.000000150. The molecule has 3 N–H and O–H groups in total. The first-order valence-electron chi connectivity index (χ1n) is 8.16. The second-order valence-corrected chi connectivity index (χ2v) is 7.19. The van der Waals surface area contributed by atoms with Crippen LogP contribution >= 0.6 is 0 Å². The van der Waals surface area contributed by atoms with Crippen LogP contribution in [0.4, 0.5) is 0 Å². The van der Waals surface area contributed by atoms with Crippen LogP contribution in [0.15, 0.2) is 23.6 Å². The van der Waals surface area contributed by atoms with Crippen LogP contribution in [-0.2, 0) is 15.7 Å². The van der Waals surface area contributed by atoms with Crippen LogP contribution in [-0.4, -0.2) is 44.3 Å². The first kappa shape index (κ1) is 17.1. The summed E-state index contributed by atoms with van der Waals surface area (Å²) >= 11 is 0. The largest absolute Gasteiger partial charge is 0.585 e. The van der Waals surface area contributed by atoms with Gasteiger partial charge in [-0.05, 0) is 25.3 Å². The van der Waals surface area contributed by atoms with Gasteiger partial charge in [0.15, 0.2) is 0 Å². The van der Waals surface area contributed by atoms with Crippen molar-refractivity contribution >= 4 is 40.8 Å². The lowest BCUT2D eigenvalue weighted by atomic mass is 9.77. The van der Waals surface area contributed by atoms with E-state index in [-0.39, 0.29) is 0 Å². The van der Waals surface area contributed by atoms with Crippen molar-refractivity contribution < 1.29 is 14.0 Å². The van der Waals surface area contributed by atoms with Crippen LogP contribution < -0.4 is 10.2 Å². The molecule has 0 radical (unpaired) electrons. The quantitative estimate of drug-likeness (QED) is 0.712. The van der Waals surface area contributed by atoms with E-state index >= 15 is 0 Å². The molecule has 1 atom stereocenters. The molecule has 128 valence electrons. The Labute approximate surface area is 143 Å². The number of H-pyrrole nitrogens is 1. The summed E-state index contributed by atoms with van der Waals surface area (Å²) in [5.41, 5.74) is 2.28. The van der Waals surface area contributed by atoms with E-state index in [1.807, 2.05) is 6.07 Å². The summed E-state index contributed by atoms with van der Waals surface area (Å²) in [6.07, 6.45) is 9.72.